The van der Waals surface area contributed by atoms with Crippen molar-refractivity contribution in [1.29, 1.82) is 0 Å². The number of thioether (sulfide) groups is 2. The third-order valence-electron chi connectivity index (χ3n) is 2.45. The lowest BCUT2D eigenvalue weighted by atomic mass is 10.2. The van der Waals surface area contributed by atoms with E-state index >= 15 is 0 Å². The molecule has 0 saturated carbocycles. The molecule has 1 aliphatic rings. The smallest absolute Gasteiger partial charge is 0.315 e. The Balaban J connectivity index is 1.97. The van der Waals surface area contributed by atoms with Crippen molar-refractivity contribution in [2.24, 2.45) is 0 Å². The van der Waals surface area contributed by atoms with Crippen LogP contribution in [0.2, 0.25) is 0 Å². The van der Waals surface area contributed by atoms with Crippen LogP contribution in [0.3, 0.4) is 0 Å². The monoisotopic (exact) mass is 292 g/mol. The normalized spacial score (nSPS) is 19.3. The van der Waals surface area contributed by atoms with Gasteiger partial charge in [-0.1, -0.05) is 0 Å². The Morgan fingerprint density at radius 3 is 3.06 bits per heavy atom. The molecule has 0 spiro atoms. The van der Waals surface area contributed by atoms with Crippen LogP contribution in [0.1, 0.15) is 6.42 Å². The molecule has 0 aromatic carbocycles. The van der Waals surface area contributed by atoms with Crippen LogP contribution in [0.25, 0.3) is 0 Å². The van der Waals surface area contributed by atoms with Crippen molar-refractivity contribution in [2.75, 3.05) is 43.2 Å². The van der Waals surface area contributed by atoms with Gasteiger partial charge in [-0.25, -0.2) is 0 Å². The zero-order valence-electron chi connectivity index (χ0n) is 10.6. The van der Waals surface area contributed by atoms with Crippen LogP contribution in [0.4, 0.5) is 0 Å². The third kappa shape index (κ3) is 7.13. The molecular weight excluding hydrogens is 272 g/mol. The van der Waals surface area contributed by atoms with Crippen molar-refractivity contribution < 1.29 is 14.3 Å². The quantitative estimate of drug-likeness (QED) is 0.513. The van der Waals surface area contributed by atoms with E-state index < -0.39 is 0 Å². The Kier molecular flexibility index (Phi) is 8.28. The van der Waals surface area contributed by atoms with Gasteiger partial charge in [0, 0.05) is 42.8 Å². The molecule has 0 aromatic rings. The van der Waals surface area contributed by atoms with Crippen LogP contribution in [0.15, 0.2) is 0 Å². The fourth-order valence-corrected chi connectivity index (χ4v) is 3.15. The van der Waals surface area contributed by atoms with Crippen molar-refractivity contribution in [3.63, 3.8) is 0 Å². The Hall–Kier alpha value is -0.400. The average Bonchev–Trinajstić information content (AvgIpc) is 2.39. The van der Waals surface area contributed by atoms with E-state index in [0.717, 1.165) is 23.8 Å². The predicted molar refractivity (Wildman–Crippen MR) is 76.1 cm³/mol. The second-order valence-electron chi connectivity index (χ2n) is 3.91. The third-order valence-corrected chi connectivity index (χ3v) is 4.51. The summed E-state index contributed by atoms with van der Waals surface area (Å²) in [5.41, 5.74) is 0. The molecule has 1 heterocycles. The van der Waals surface area contributed by atoms with Gasteiger partial charge >= 0.3 is 5.97 Å². The zero-order valence-corrected chi connectivity index (χ0v) is 12.2. The van der Waals surface area contributed by atoms with E-state index in [1.54, 1.807) is 0 Å². The molecule has 1 amide bonds. The maximum absolute atomic E-state index is 11.6. The summed E-state index contributed by atoms with van der Waals surface area (Å²) in [6.07, 6.45) is 0.536. The molecule has 0 aliphatic carbocycles. The number of methoxy groups -OCH3 is 1. The summed E-state index contributed by atoms with van der Waals surface area (Å²) in [5.74, 6) is 3.05. The van der Waals surface area contributed by atoms with E-state index in [0.29, 0.717) is 24.8 Å². The molecule has 7 heteroatoms. The van der Waals surface area contributed by atoms with Gasteiger partial charge < -0.3 is 15.4 Å². The second kappa shape index (κ2) is 9.52. The molecule has 0 aromatic heterocycles. The van der Waals surface area contributed by atoms with Gasteiger partial charge in [0.1, 0.15) is 0 Å². The Morgan fingerprint density at radius 2 is 2.39 bits per heavy atom. The first-order valence-corrected chi connectivity index (χ1v) is 8.25. The number of nitrogens with one attached hydrogen (secondary N) is 2. The average molecular weight is 292 g/mol. The Labute approximate surface area is 116 Å². The number of ether oxygens (including phenoxy) is 1. The number of carbonyl (C=O) groups is 2. The summed E-state index contributed by atoms with van der Waals surface area (Å²) in [5, 5.41) is 6.19. The van der Waals surface area contributed by atoms with Gasteiger partial charge in [-0.3, -0.25) is 9.59 Å². The molecule has 1 aliphatic heterocycles. The van der Waals surface area contributed by atoms with Crippen LogP contribution in [-0.2, 0) is 14.3 Å². The highest BCUT2D eigenvalue weighted by atomic mass is 32.2. The van der Waals surface area contributed by atoms with Crippen LogP contribution in [0.5, 0.6) is 0 Å². The molecule has 0 radical (unpaired) electrons. The molecule has 1 atom stereocenters. The molecule has 1 unspecified atom stereocenters. The van der Waals surface area contributed by atoms with Crippen LogP contribution < -0.4 is 10.6 Å². The molecule has 1 rings (SSSR count). The molecule has 5 nitrogen and oxygen atoms in total. The van der Waals surface area contributed by atoms with E-state index in [4.69, 9.17) is 0 Å². The van der Waals surface area contributed by atoms with Gasteiger partial charge in [0.25, 0.3) is 0 Å². The second-order valence-corrected chi connectivity index (χ2v) is 6.16. The van der Waals surface area contributed by atoms with Crippen LogP contribution >= 0.6 is 23.5 Å². The molecule has 1 saturated heterocycles. The minimum atomic E-state index is -0.227. The molecule has 0 bridgehead atoms. The first-order chi connectivity index (χ1) is 8.72. The van der Waals surface area contributed by atoms with Crippen molar-refractivity contribution in [1.82, 2.24) is 10.6 Å². The summed E-state index contributed by atoms with van der Waals surface area (Å²) < 4.78 is 4.52. The minimum absolute atomic E-state index is 0.0775. The van der Waals surface area contributed by atoms with E-state index in [-0.39, 0.29) is 11.9 Å². The van der Waals surface area contributed by atoms with Gasteiger partial charge in [0.05, 0.1) is 12.9 Å². The summed E-state index contributed by atoms with van der Waals surface area (Å²) in [7, 11) is 1.37. The predicted octanol–water partition coefficient (Wildman–Crippen LogP) is 0.104. The zero-order chi connectivity index (χ0) is 13.2. The van der Waals surface area contributed by atoms with Gasteiger partial charge in [-0.15, -0.1) is 11.8 Å². The Morgan fingerprint density at radius 1 is 1.56 bits per heavy atom. The van der Waals surface area contributed by atoms with Crippen LogP contribution in [-0.4, -0.2) is 61.1 Å². The highest BCUT2D eigenvalue weighted by Gasteiger charge is 2.16. The van der Waals surface area contributed by atoms with Crippen molar-refractivity contribution in [3.05, 3.63) is 0 Å². The van der Waals surface area contributed by atoms with E-state index in [1.807, 2.05) is 11.8 Å². The summed E-state index contributed by atoms with van der Waals surface area (Å²) in [4.78, 5) is 22.4. The molecule has 18 heavy (non-hydrogen) atoms. The summed E-state index contributed by atoms with van der Waals surface area (Å²) in [6, 6.07) is 0.298. The maximum Gasteiger partial charge on any atom is 0.315 e. The standard InChI is InChI=1S/C11H20N2O3S2/c1-16-11(15)8-18-5-3-13-10(14)6-9-7-17-4-2-12-9/h9,12H,2-8H2,1H3,(H,13,14). The maximum atomic E-state index is 11.6. The highest BCUT2D eigenvalue weighted by molar-refractivity contribution is 8.00. The summed E-state index contributed by atoms with van der Waals surface area (Å²) in [6.45, 7) is 1.58. The lowest BCUT2D eigenvalue weighted by molar-refractivity contribution is -0.137. The van der Waals surface area contributed by atoms with Gasteiger partial charge in [0.15, 0.2) is 0 Å². The molecule has 104 valence electrons. The first-order valence-electron chi connectivity index (χ1n) is 5.94. The number of rotatable bonds is 7. The van der Waals surface area contributed by atoms with E-state index in [1.165, 1.54) is 18.9 Å². The lowest BCUT2D eigenvalue weighted by Gasteiger charge is -2.22. The van der Waals surface area contributed by atoms with Gasteiger partial charge in [-0.05, 0) is 0 Å². The highest BCUT2D eigenvalue weighted by Crippen LogP contribution is 2.09. The SMILES string of the molecule is COC(=O)CSCCNC(=O)CC1CSCCN1. The Bertz CT molecular complexity index is 271. The largest absolute Gasteiger partial charge is 0.468 e. The number of amides is 1. The number of carbonyl (C=O) groups excluding carboxylic acids is 2. The molecule has 2 N–H and O–H groups in total. The fourth-order valence-electron chi connectivity index (χ4n) is 1.52. The topological polar surface area (TPSA) is 67.4 Å². The molecule has 1 fully saturated rings. The van der Waals surface area contributed by atoms with E-state index in [2.05, 4.69) is 15.4 Å². The number of hydrogen-bond acceptors (Lipinski definition) is 6. The van der Waals surface area contributed by atoms with E-state index in [9.17, 15) is 9.59 Å². The van der Waals surface area contributed by atoms with Crippen molar-refractivity contribution in [2.45, 2.75) is 12.5 Å². The molecular formula is C11H20N2O3S2. The van der Waals surface area contributed by atoms with Gasteiger partial charge in [-0.2, -0.15) is 11.8 Å². The lowest BCUT2D eigenvalue weighted by Crippen LogP contribution is -2.41. The number of hydrogen-bond donors (Lipinski definition) is 2. The van der Waals surface area contributed by atoms with Crippen molar-refractivity contribution >= 4 is 35.4 Å². The van der Waals surface area contributed by atoms with Crippen LogP contribution in [0, 0.1) is 0 Å². The minimum Gasteiger partial charge on any atom is -0.468 e. The number of esters is 1. The van der Waals surface area contributed by atoms with Gasteiger partial charge in [0.2, 0.25) is 5.91 Å². The van der Waals surface area contributed by atoms with Crippen molar-refractivity contribution in [3.8, 4) is 0 Å². The fraction of sp³-hybridized carbons (Fsp3) is 0.818. The summed E-state index contributed by atoms with van der Waals surface area (Å²) >= 11 is 3.35. The first kappa shape index (κ1) is 15.7.